The van der Waals surface area contributed by atoms with Gasteiger partial charge in [0.15, 0.2) is 0 Å². The lowest BCUT2D eigenvalue weighted by Gasteiger charge is -2.09. The zero-order valence-corrected chi connectivity index (χ0v) is 9.64. The molecule has 0 saturated carbocycles. The quantitative estimate of drug-likeness (QED) is 0.751. The molecule has 5 heteroatoms. The van der Waals surface area contributed by atoms with Gasteiger partial charge in [-0.1, -0.05) is 30.3 Å². The zero-order valence-electron chi connectivity index (χ0n) is 9.64. The van der Waals surface area contributed by atoms with E-state index in [-0.39, 0.29) is 5.56 Å². The molecule has 2 aromatic rings. The van der Waals surface area contributed by atoms with E-state index < -0.39 is 11.5 Å². The van der Waals surface area contributed by atoms with E-state index in [0.717, 1.165) is 5.56 Å². The number of primary amides is 1. The Kier molecular flexibility index (Phi) is 3.43. The first kappa shape index (κ1) is 11.9. The van der Waals surface area contributed by atoms with Gasteiger partial charge in [0.25, 0.3) is 11.5 Å². The summed E-state index contributed by atoms with van der Waals surface area (Å²) in [4.78, 5) is 25.1. The van der Waals surface area contributed by atoms with E-state index in [0.29, 0.717) is 12.2 Å². The lowest BCUT2D eigenvalue weighted by molar-refractivity contribution is 0.0999. The van der Waals surface area contributed by atoms with Gasteiger partial charge in [-0.15, -0.1) is 0 Å². The normalized spacial score (nSPS) is 10.0. The second kappa shape index (κ2) is 5.18. The predicted molar refractivity (Wildman–Crippen MR) is 69.3 cm³/mol. The highest BCUT2D eigenvalue weighted by Gasteiger charge is 2.11. The third-order valence-corrected chi connectivity index (χ3v) is 2.53. The number of H-pyrrole nitrogens is 1. The Morgan fingerprint density at radius 1 is 1.22 bits per heavy atom. The summed E-state index contributed by atoms with van der Waals surface area (Å²) in [6.07, 6.45) is 1.47. The average Bonchev–Trinajstić information content (AvgIpc) is 2.37. The van der Waals surface area contributed by atoms with Crippen molar-refractivity contribution in [2.45, 2.75) is 6.54 Å². The molecule has 92 valence electrons. The second-order valence-electron chi connectivity index (χ2n) is 3.80. The van der Waals surface area contributed by atoms with Crippen molar-refractivity contribution in [1.82, 2.24) is 4.98 Å². The molecule has 0 aliphatic rings. The highest BCUT2D eigenvalue weighted by molar-refractivity contribution is 5.97. The number of nitrogens with two attached hydrogens (primary N) is 1. The van der Waals surface area contributed by atoms with Crippen LogP contribution in [0.5, 0.6) is 0 Å². The molecule has 0 fully saturated rings. The van der Waals surface area contributed by atoms with Crippen LogP contribution in [0, 0.1) is 0 Å². The number of nitrogens with one attached hydrogen (secondary N) is 2. The number of aromatic amines is 1. The van der Waals surface area contributed by atoms with Crippen LogP contribution in [-0.2, 0) is 6.54 Å². The maximum absolute atomic E-state index is 11.5. The van der Waals surface area contributed by atoms with Crippen LogP contribution < -0.4 is 16.6 Å². The Balaban J connectivity index is 2.22. The number of rotatable bonds is 4. The van der Waals surface area contributed by atoms with Crippen molar-refractivity contribution < 1.29 is 4.79 Å². The third kappa shape index (κ3) is 2.57. The van der Waals surface area contributed by atoms with Gasteiger partial charge in [-0.2, -0.15) is 0 Å². The summed E-state index contributed by atoms with van der Waals surface area (Å²) in [5.41, 5.74) is 6.14. The summed E-state index contributed by atoms with van der Waals surface area (Å²) in [5.74, 6) is -0.743. The number of hydrogen-bond donors (Lipinski definition) is 3. The van der Waals surface area contributed by atoms with Gasteiger partial charge in [0.1, 0.15) is 5.56 Å². The molecule has 0 unspecified atom stereocenters. The summed E-state index contributed by atoms with van der Waals surface area (Å²) >= 11 is 0. The molecular formula is C13H13N3O2. The minimum Gasteiger partial charge on any atom is -0.380 e. The maximum atomic E-state index is 11.5. The smallest absolute Gasteiger partial charge is 0.262 e. The molecule has 1 amide bonds. The first-order chi connectivity index (χ1) is 8.68. The fourth-order valence-corrected chi connectivity index (χ4v) is 1.66. The molecule has 1 aromatic heterocycles. The van der Waals surface area contributed by atoms with E-state index in [1.54, 1.807) is 6.07 Å². The molecule has 0 aliphatic heterocycles. The van der Waals surface area contributed by atoms with Crippen LogP contribution >= 0.6 is 0 Å². The lowest BCUT2D eigenvalue weighted by atomic mass is 10.2. The fourth-order valence-electron chi connectivity index (χ4n) is 1.66. The highest BCUT2D eigenvalue weighted by Crippen LogP contribution is 2.11. The molecule has 0 spiro atoms. The van der Waals surface area contributed by atoms with Crippen LogP contribution in [0.3, 0.4) is 0 Å². The van der Waals surface area contributed by atoms with Crippen LogP contribution in [0.1, 0.15) is 15.9 Å². The van der Waals surface area contributed by atoms with E-state index >= 15 is 0 Å². The van der Waals surface area contributed by atoms with Gasteiger partial charge in [-0.25, -0.2) is 0 Å². The molecule has 0 saturated heterocycles. The molecule has 0 atom stereocenters. The predicted octanol–water partition coefficient (Wildman–Crippen LogP) is 1.09. The van der Waals surface area contributed by atoms with Crippen LogP contribution in [0.2, 0.25) is 0 Å². The number of aromatic nitrogens is 1. The van der Waals surface area contributed by atoms with Gasteiger partial charge < -0.3 is 16.0 Å². The van der Waals surface area contributed by atoms with E-state index in [9.17, 15) is 9.59 Å². The van der Waals surface area contributed by atoms with Crippen molar-refractivity contribution in [2.75, 3.05) is 5.32 Å². The Hall–Kier alpha value is -2.56. The average molecular weight is 243 g/mol. The van der Waals surface area contributed by atoms with Crippen molar-refractivity contribution in [2.24, 2.45) is 5.73 Å². The number of pyridine rings is 1. The molecule has 4 N–H and O–H groups in total. The van der Waals surface area contributed by atoms with Crippen LogP contribution in [0.15, 0.2) is 47.4 Å². The number of carbonyl (C=O) groups is 1. The second-order valence-corrected chi connectivity index (χ2v) is 3.80. The highest BCUT2D eigenvalue weighted by atomic mass is 16.2. The summed E-state index contributed by atoms with van der Waals surface area (Å²) in [6, 6.07) is 11.3. The summed E-state index contributed by atoms with van der Waals surface area (Å²) in [6.45, 7) is 0.518. The molecular weight excluding hydrogens is 230 g/mol. The minimum atomic E-state index is -0.743. The van der Waals surface area contributed by atoms with E-state index in [1.165, 1.54) is 6.20 Å². The van der Waals surface area contributed by atoms with Gasteiger partial charge in [-0.05, 0) is 11.6 Å². The van der Waals surface area contributed by atoms with Gasteiger partial charge in [0.05, 0.1) is 5.69 Å². The third-order valence-electron chi connectivity index (χ3n) is 2.53. The van der Waals surface area contributed by atoms with Crippen LogP contribution in [0.25, 0.3) is 0 Å². The van der Waals surface area contributed by atoms with Crippen molar-refractivity contribution in [3.05, 3.63) is 64.1 Å². The summed E-state index contributed by atoms with van der Waals surface area (Å²) in [7, 11) is 0. The van der Waals surface area contributed by atoms with E-state index in [1.807, 2.05) is 30.3 Å². The van der Waals surface area contributed by atoms with E-state index in [2.05, 4.69) is 10.3 Å². The number of anilines is 1. The molecule has 0 radical (unpaired) electrons. The Morgan fingerprint density at radius 3 is 2.61 bits per heavy atom. The molecule has 18 heavy (non-hydrogen) atoms. The van der Waals surface area contributed by atoms with Gasteiger partial charge >= 0.3 is 0 Å². The first-order valence-electron chi connectivity index (χ1n) is 5.48. The Morgan fingerprint density at radius 2 is 1.94 bits per heavy atom. The molecule has 0 bridgehead atoms. The Labute approximate surface area is 104 Å². The molecule has 1 aromatic carbocycles. The molecule has 5 nitrogen and oxygen atoms in total. The molecule has 2 rings (SSSR count). The number of hydrogen-bond acceptors (Lipinski definition) is 3. The minimum absolute atomic E-state index is 0.0477. The van der Waals surface area contributed by atoms with E-state index in [4.69, 9.17) is 5.73 Å². The Bertz CT molecular complexity index is 605. The van der Waals surface area contributed by atoms with Crippen molar-refractivity contribution in [3.8, 4) is 0 Å². The van der Waals surface area contributed by atoms with Gasteiger partial charge in [0.2, 0.25) is 0 Å². The van der Waals surface area contributed by atoms with Crippen molar-refractivity contribution in [3.63, 3.8) is 0 Å². The lowest BCUT2D eigenvalue weighted by Crippen LogP contribution is -2.25. The monoisotopic (exact) mass is 243 g/mol. The van der Waals surface area contributed by atoms with Crippen molar-refractivity contribution >= 4 is 11.6 Å². The van der Waals surface area contributed by atoms with Crippen LogP contribution in [0.4, 0.5) is 5.69 Å². The van der Waals surface area contributed by atoms with Gasteiger partial charge in [-0.3, -0.25) is 9.59 Å². The summed E-state index contributed by atoms with van der Waals surface area (Å²) < 4.78 is 0. The first-order valence-corrected chi connectivity index (χ1v) is 5.48. The number of carbonyl (C=O) groups excluding carboxylic acids is 1. The topological polar surface area (TPSA) is 88.0 Å². The maximum Gasteiger partial charge on any atom is 0.262 e. The largest absolute Gasteiger partial charge is 0.380 e. The SMILES string of the molecule is NC(=O)c1c(NCc2ccccc2)cc[nH]c1=O. The number of amides is 1. The summed E-state index contributed by atoms with van der Waals surface area (Å²) in [5, 5.41) is 3.03. The van der Waals surface area contributed by atoms with Crippen LogP contribution in [-0.4, -0.2) is 10.9 Å². The fraction of sp³-hybridized carbons (Fsp3) is 0.0769. The standard InChI is InChI=1S/C13H13N3O2/c14-12(17)11-10(6-7-15-13(11)18)16-8-9-4-2-1-3-5-9/h1-7H,8H2,(H2,14,17)(H2,15,16,18). The van der Waals surface area contributed by atoms with Crippen molar-refractivity contribution in [1.29, 1.82) is 0 Å². The molecule has 1 heterocycles. The number of benzene rings is 1. The van der Waals surface area contributed by atoms with Gasteiger partial charge in [0, 0.05) is 12.7 Å². The molecule has 0 aliphatic carbocycles. The zero-order chi connectivity index (χ0) is 13.0.